The van der Waals surface area contributed by atoms with E-state index in [9.17, 15) is 4.79 Å². The molecule has 2 fully saturated rings. The number of carbonyl (C=O) groups is 1. The van der Waals surface area contributed by atoms with E-state index in [1.165, 1.54) is 0 Å². The molecular weight excluding hydrogens is 398 g/mol. The molecule has 2 saturated carbocycles. The smallest absolute Gasteiger partial charge is 0.367 e. The van der Waals surface area contributed by atoms with Crippen LogP contribution in [0.2, 0.25) is 5.02 Å². The van der Waals surface area contributed by atoms with Crippen molar-refractivity contribution in [2.75, 3.05) is 7.11 Å². The van der Waals surface area contributed by atoms with Crippen molar-refractivity contribution >= 4 is 29.4 Å². The first kappa shape index (κ1) is 20.7. The fraction of sp³-hybridized carbons (Fsp3) is 0.360. The maximum absolute atomic E-state index is 12.6. The highest BCUT2D eigenvalue weighted by molar-refractivity contribution is 6.33. The summed E-state index contributed by atoms with van der Waals surface area (Å²) >= 11 is 6.14. The van der Waals surface area contributed by atoms with Gasteiger partial charge >= 0.3 is 5.97 Å². The quantitative estimate of drug-likeness (QED) is 0.422. The van der Waals surface area contributed by atoms with Crippen molar-refractivity contribution in [3.63, 3.8) is 0 Å². The van der Waals surface area contributed by atoms with E-state index in [0.717, 1.165) is 35.4 Å². The number of fused-ring (bicyclic) bond motifs is 2. The molecule has 0 saturated heterocycles. The first-order valence-electron chi connectivity index (χ1n) is 10.2. The summed E-state index contributed by atoms with van der Waals surface area (Å²) in [6.07, 6.45) is 4.29. The fourth-order valence-corrected chi connectivity index (χ4v) is 5.13. The standard InChI is InChI=1S/C25H26ClNO3/c1-24(2)20-13-14-25(24,3)22(19(20)15-16-9-11-17(29-4)12-10-16)27-30-23(28)18-7-5-6-8-21(18)26/h5-12,15,20H,13-14H2,1-4H3/b19-15+,27-22+/t20-,25+/m0/s1. The lowest BCUT2D eigenvalue weighted by Gasteiger charge is -2.33. The molecule has 2 bridgehead atoms. The van der Waals surface area contributed by atoms with Gasteiger partial charge in [-0.3, -0.25) is 0 Å². The largest absolute Gasteiger partial charge is 0.497 e. The van der Waals surface area contributed by atoms with Gasteiger partial charge in [0.05, 0.1) is 23.4 Å². The number of allylic oxidation sites excluding steroid dienone is 1. The monoisotopic (exact) mass is 423 g/mol. The lowest BCUT2D eigenvalue weighted by Crippen LogP contribution is -2.33. The van der Waals surface area contributed by atoms with E-state index in [1.807, 2.05) is 24.3 Å². The van der Waals surface area contributed by atoms with E-state index in [4.69, 9.17) is 21.2 Å². The zero-order valence-electron chi connectivity index (χ0n) is 17.7. The molecule has 2 aliphatic carbocycles. The molecule has 5 heteroatoms. The van der Waals surface area contributed by atoms with Gasteiger partial charge in [0, 0.05) is 5.41 Å². The van der Waals surface area contributed by atoms with E-state index in [-0.39, 0.29) is 10.8 Å². The molecule has 30 heavy (non-hydrogen) atoms. The first-order valence-corrected chi connectivity index (χ1v) is 10.6. The minimum Gasteiger partial charge on any atom is -0.497 e. The molecule has 156 valence electrons. The Morgan fingerprint density at radius 2 is 1.83 bits per heavy atom. The van der Waals surface area contributed by atoms with Gasteiger partial charge in [0.15, 0.2) is 0 Å². The van der Waals surface area contributed by atoms with Crippen molar-refractivity contribution in [2.24, 2.45) is 21.9 Å². The zero-order valence-corrected chi connectivity index (χ0v) is 18.5. The van der Waals surface area contributed by atoms with Crippen LogP contribution < -0.4 is 4.74 Å². The Morgan fingerprint density at radius 3 is 2.50 bits per heavy atom. The molecule has 0 unspecified atom stereocenters. The van der Waals surface area contributed by atoms with Gasteiger partial charge in [-0.05, 0) is 65.7 Å². The minimum atomic E-state index is -0.541. The number of methoxy groups -OCH3 is 1. The van der Waals surface area contributed by atoms with Gasteiger partial charge in [-0.15, -0.1) is 0 Å². The van der Waals surface area contributed by atoms with Crippen molar-refractivity contribution in [1.82, 2.24) is 0 Å². The lowest BCUT2D eigenvalue weighted by atomic mass is 9.70. The van der Waals surface area contributed by atoms with Crippen molar-refractivity contribution in [3.8, 4) is 5.75 Å². The van der Waals surface area contributed by atoms with Crippen LogP contribution in [-0.2, 0) is 4.84 Å². The molecule has 0 aromatic heterocycles. The molecule has 0 spiro atoms. The second-order valence-electron chi connectivity index (χ2n) is 8.82. The Morgan fingerprint density at radius 1 is 1.13 bits per heavy atom. The highest BCUT2D eigenvalue weighted by Crippen LogP contribution is 2.66. The van der Waals surface area contributed by atoms with Gasteiger partial charge < -0.3 is 9.57 Å². The van der Waals surface area contributed by atoms with E-state index in [2.05, 4.69) is 32.0 Å². The highest BCUT2D eigenvalue weighted by Gasteiger charge is 2.63. The average molecular weight is 424 g/mol. The number of rotatable bonds is 4. The number of oxime groups is 1. The van der Waals surface area contributed by atoms with E-state index in [1.54, 1.807) is 31.4 Å². The van der Waals surface area contributed by atoms with Crippen molar-refractivity contribution < 1.29 is 14.4 Å². The van der Waals surface area contributed by atoms with Crippen molar-refractivity contribution in [3.05, 3.63) is 70.3 Å². The molecule has 2 aliphatic rings. The maximum Gasteiger partial charge on any atom is 0.367 e. The summed E-state index contributed by atoms with van der Waals surface area (Å²) in [5.41, 5.74) is 3.27. The third kappa shape index (κ3) is 3.24. The van der Waals surface area contributed by atoms with Gasteiger partial charge in [0.1, 0.15) is 5.75 Å². The van der Waals surface area contributed by atoms with E-state index in [0.29, 0.717) is 16.5 Å². The van der Waals surface area contributed by atoms with Gasteiger partial charge in [0.2, 0.25) is 0 Å². The summed E-state index contributed by atoms with van der Waals surface area (Å²) in [4.78, 5) is 18.0. The van der Waals surface area contributed by atoms with Crippen LogP contribution in [0.3, 0.4) is 0 Å². The van der Waals surface area contributed by atoms with E-state index >= 15 is 0 Å². The van der Waals surface area contributed by atoms with Crippen LogP contribution in [0.15, 0.2) is 59.3 Å². The number of carbonyl (C=O) groups excluding carboxylic acids is 1. The van der Waals surface area contributed by atoms with Crippen LogP contribution in [0, 0.1) is 16.7 Å². The normalized spacial score (nSPS) is 26.9. The predicted molar refractivity (Wildman–Crippen MR) is 120 cm³/mol. The molecule has 0 amide bonds. The summed E-state index contributed by atoms with van der Waals surface area (Å²) < 4.78 is 5.26. The molecule has 2 atom stereocenters. The predicted octanol–water partition coefficient (Wildman–Crippen LogP) is 6.40. The van der Waals surface area contributed by atoms with Crippen molar-refractivity contribution in [1.29, 1.82) is 0 Å². The lowest BCUT2D eigenvalue weighted by molar-refractivity contribution is 0.0509. The summed E-state index contributed by atoms with van der Waals surface area (Å²) in [5.74, 6) is 0.642. The van der Waals surface area contributed by atoms with Gasteiger partial charge in [-0.25, -0.2) is 4.79 Å². The molecule has 0 aliphatic heterocycles. The van der Waals surface area contributed by atoms with Gasteiger partial charge in [-0.1, -0.05) is 61.8 Å². The topological polar surface area (TPSA) is 47.9 Å². The number of hydrogen-bond donors (Lipinski definition) is 0. The Labute approximate surface area is 182 Å². The molecule has 0 heterocycles. The molecule has 0 N–H and O–H groups in total. The molecule has 4 nitrogen and oxygen atoms in total. The second-order valence-corrected chi connectivity index (χ2v) is 9.22. The number of nitrogens with zero attached hydrogens (tertiary/aromatic N) is 1. The Bertz CT molecular complexity index is 1040. The fourth-order valence-electron chi connectivity index (χ4n) is 4.92. The third-order valence-corrected chi connectivity index (χ3v) is 7.48. The molecular formula is C25H26ClNO3. The average Bonchev–Trinajstić information content (AvgIpc) is 3.05. The van der Waals surface area contributed by atoms with Crippen LogP contribution in [0.4, 0.5) is 0 Å². The Kier molecular flexibility index (Phi) is 5.23. The van der Waals surface area contributed by atoms with E-state index < -0.39 is 5.97 Å². The van der Waals surface area contributed by atoms with Crippen molar-refractivity contribution in [2.45, 2.75) is 33.6 Å². The number of ether oxygens (including phenoxy) is 1. The summed E-state index contributed by atoms with van der Waals surface area (Å²) in [6, 6.07) is 14.8. The summed E-state index contributed by atoms with van der Waals surface area (Å²) in [7, 11) is 1.66. The highest BCUT2D eigenvalue weighted by atomic mass is 35.5. The third-order valence-electron chi connectivity index (χ3n) is 7.15. The first-order chi connectivity index (χ1) is 14.3. The van der Waals surface area contributed by atoms with Gasteiger partial charge in [-0.2, -0.15) is 0 Å². The molecule has 4 rings (SSSR count). The number of hydrogen-bond acceptors (Lipinski definition) is 4. The Hall–Kier alpha value is -2.59. The summed E-state index contributed by atoms with van der Waals surface area (Å²) in [6.45, 7) is 6.79. The SMILES string of the molecule is COc1ccc(/C=C2/C(=N\OC(=O)c3ccccc3Cl)[C@@]3(C)CC[C@@H]2C3(C)C)cc1. The second kappa shape index (κ2) is 7.59. The molecule has 2 aromatic rings. The number of benzene rings is 2. The van der Waals surface area contributed by atoms with Crippen LogP contribution in [0.25, 0.3) is 6.08 Å². The van der Waals surface area contributed by atoms with Crippen LogP contribution in [0.1, 0.15) is 49.5 Å². The molecule has 0 radical (unpaired) electrons. The van der Waals surface area contributed by atoms with Gasteiger partial charge in [0.25, 0.3) is 0 Å². The summed E-state index contributed by atoms with van der Waals surface area (Å²) in [5, 5.41) is 4.78. The van der Waals surface area contributed by atoms with Crippen LogP contribution in [-0.4, -0.2) is 18.8 Å². The minimum absolute atomic E-state index is 0.0287. The maximum atomic E-state index is 12.6. The van der Waals surface area contributed by atoms with Crippen LogP contribution >= 0.6 is 11.6 Å². The Balaban J connectivity index is 1.71. The number of halogens is 1. The van der Waals surface area contributed by atoms with Crippen LogP contribution in [0.5, 0.6) is 5.75 Å². The zero-order chi connectivity index (χ0) is 21.5. The molecule has 2 aromatic carbocycles.